The molecule has 1 aromatic heterocycles. The Hall–Kier alpha value is -2.10. The van der Waals surface area contributed by atoms with Gasteiger partial charge in [0, 0.05) is 31.3 Å². The maximum Gasteiger partial charge on any atom is 0.223 e. The van der Waals surface area contributed by atoms with Crippen molar-refractivity contribution < 1.29 is 4.79 Å². The third-order valence-electron chi connectivity index (χ3n) is 4.16. The molecule has 1 heterocycles. The monoisotopic (exact) mass is 283 g/mol. The number of carbonyl (C=O) groups excluding carboxylic acids is 1. The topological polar surface area (TPSA) is 57.8 Å². The van der Waals surface area contributed by atoms with Gasteiger partial charge in [-0.25, -0.2) is 4.98 Å². The van der Waals surface area contributed by atoms with Crippen LogP contribution in [0.2, 0.25) is 0 Å². The van der Waals surface area contributed by atoms with Crippen LogP contribution in [0.5, 0.6) is 0 Å². The van der Waals surface area contributed by atoms with Crippen molar-refractivity contribution in [3.8, 4) is 0 Å². The molecule has 3 rings (SSSR count). The Morgan fingerprint density at radius 3 is 3.00 bits per heavy atom. The lowest BCUT2D eigenvalue weighted by Crippen LogP contribution is -2.34. The number of aryl methyl sites for hydroxylation is 2. The SMILES string of the molecule is O=C(NCCCc1ncc[nH]1)[C@H]1CCc2ccccc2C1. The third-order valence-corrected chi connectivity index (χ3v) is 4.16. The van der Waals surface area contributed by atoms with Crippen molar-refractivity contribution in [3.05, 3.63) is 53.6 Å². The maximum atomic E-state index is 12.2. The first-order chi connectivity index (χ1) is 10.3. The lowest BCUT2D eigenvalue weighted by atomic mass is 9.83. The van der Waals surface area contributed by atoms with E-state index in [0.717, 1.165) is 44.5 Å². The molecular formula is C17H21N3O. The van der Waals surface area contributed by atoms with Crippen LogP contribution < -0.4 is 5.32 Å². The molecule has 0 saturated heterocycles. The zero-order chi connectivity index (χ0) is 14.5. The minimum absolute atomic E-state index is 0.128. The molecular weight excluding hydrogens is 262 g/mol. The summed E-state index contributed by atoms with van der Waals surface area (Å²) in [7, 11) is 0. The van der Waals surface area contributed by atoms with Crippen LogP contribution in [-0.2, 0) is 24.1 Å². The molecule has 4 nitrogen and oxygen atoms in total. The molecule has 1 aliphatic carbocycles. The van der Waals surface area contributed by atoms with Crippen LogP contribution in [0.3, 0.4) is 0 Å². The van der Waals surface area contributed by atoms with Gasteiger partial charge in [-0.05, 0) is 36.8 Å². The number of aromatic amines is 1. The average molecular weight is 283 g/mol. The summed E-state index contributed by atoms with van der Waals surface area (Å²) in [6, 6.07) is 8.45. The first-order valence-corrected chi connectivity index (χ1v) is 7.65. The van der Waals surface area contributed by atoms with Gasteiger partial charge in [-0.1, -0.05) is 24.3 Å². The largest absolute Gasteiger partial charge is 0.356 e. The average Bonchev–Trinajstić information content (AvgIpc) is 3.04. The molecule has 1 amide bonds. The molecule has 0 unspecified atom stereocenters. The molecule has 1 atom stereocenters. The van der Waals surface area contributed by atoms with E-state index in [0.29, 0.717) is 0 Å². The first-order valence-electron chi connectivity index (χ1n) is 7.65. The van der Waals surface area contributed by atoms with Crippen LogP contribution in [0.25, 0.3) is 0 Å². The second-order valence-corrected chi connectivity index (χ2v) is 5.64. The minimum atomic E-state index is 0.128. The Balaban J connectivity index is 1.44. The molecule has 2 N–H and O–H groups in total. The summed E-state index contributed by atoms with van der Waals surface area (Å²) in [5.74, 6) is 1.31. The molecule has 4 heteroatoms. The van der Waals surface area contributed by atoms with Gasteiger partial charge in [-0.2, -0.15) is 0 Å². The molecule has 1 aromatic carbocycles. The summed E-state index contributed by atoms with van der Waals surface area (Å²) in [6.07, 6.45) is 8.23. The highest BCUT2D eigenvalue weighted by molar-refractivity contribution is 5.79. The van der Waals surface area contributed by atoms with E-state index in [1.807, 2.05) is 6.20 Å². The van der Waals surface area contributed by atoms with Crippen molar-refractivity contribution in [1.82, 2.24) is 15.3 Å². The summed E-state index contributed by atoms with van der Waals surface area (Å²) >= 11 is 0. The van der Waals surface area contributed by atoms with Gasteiger partial charge in [0.25, 0.3) is 0 Å². The van der Waals surface area contributed by atoms with E-state index < -0.39 is 0 Å². The summed E-state index contributed by atoms with van der Waals surface area (Å²) in [5.41, 5.74) is 2.74. The number of imidazole rings is 1. The number of nitrogens with one attached hydrogen (secondary N) is 2. The number of hydrogen-bond donors (Lipinski definition) is 2. The number of fused-ring (bicyclic) bond motifs is 1. The van der Waals surface area contributed by atoms with Gasteiger partial charge in [-0.3, -0.25) is 4.79 Å². The number of hydrogen-bond acceptors (Lipinski definition) is 2. The van der Waals surface area contributed by atoms with Crippen LogP contribution in [0.1, 0.15) is 29.8 Å². The van der Waals surface area contributed by atoms with Gasteiger partial charge in [0.1, 0.15) is 5.82 Å². The van der Waals surface area contributed by atoms with Crippen molar-refractivity contribution in [3.63, 3.8) is 0 Å². The number of rotatable bonds is 5. The smallest absolute Gasteiger partial charge is 0.223 e. The molecule has 0 spiro atoms. The minimum Gasteiger partial charge on any atom is -0.356 e. The molecule has 0 saturated carbocycles. The fourth-order valence-electron chi connectivity index (χ4n) is 2.97. The molecule has 1 aliphatic rings. The molecule has 0 bridgehead atoms. The van der Waals surface area contributed by atoms with Crippen molar-refractivity contribution in [2.45, 2.75) is 32.1 Å². The highest BCUT2D eigenvalue weighted by Crippen LogP contribution is 2.25. The van der Waals surface area contributed by atoms with Crippen LogP contribution in [0, 0.1) is 5.92 Å². The Bertz CT molecular complexity index is 592. The van der Waals surface area contributed by atoms with E-state index >= 15 is 0 Å². The second-order valence-electron chi connectivity index (χ2n) is 5.64. The van der Waals surface area contributed by atoms with E-state index in [4.69, 9.17) is 0 Å². The van der Waals surface area contributed by atoms with E-state index in [-0.39, 0.29) is 11.8 Å². The highest BCUT2D eigenvalue weighted by atomic mass is 16.1. The third kappa shape index (κ3) is 3.51. The van der Waals surface area contributed by atoms with Gasteiger partial charge in [0.15, 0.2) is 0 Å². The molecule has 0 fully saturated rings. The summed E-state index contributed by atoms with van der Waals surface area (Å²) < 4.78 is 0. The second kappa shape index (κ2) is 6.57. The van der Waals surface area contributed by atoms with E-state index in [1.165, 1.54) is 11.1 Å². The predicted octanol–water partition coefficient (Wildman–Crippen LogP) is 2.26. The first kappa shape index (κ1) is 13.9. The number of H-pyrrole nitrogens is 1. The number of carbonyl (C=O) groups is 1. The van der Waals surface area contributed by atoms with Crippen molar-refractivity contribution >= 4 is 5.91 Å². The van der Waals surface area contributed by atoms with E-state index in [9.17, 15) is 4.79 Å². The van der Waals surface area contributed by atoms with Crippen LogP contribution in [0.15, 0.2) is 36.7 Å². The fraction of sp³-hybridized carbons (Fsp3) is 0.412. The Labute approximate surface area is 125 Å². The number of amides is 1. The lowest BCUT2D eigenvalue weighted by Gasteiger charge is -2.23. The molecule has 0 aliphatic heterocycles. The van der Waals surface area contributed by atoms with Crippen LogP contribution in [0.4, 0.5) is 0 Å². The van der Waals surface area contributed by atoms with Gasteiger partial charge in [-0.15, -0.1) is 0 Å². The van der Waals surface area contributed by atoms with Crippen molar-refractivity contribution in [2.24, 2.45) is 5.92 Å². The zero-order valence-electron chi connectivity index (χ0n) is 12.1. The molecule has 2 aromatic rings. The fourth-order valence-corrected chi connectivity index (χ4v) is 2.97. The summed E-state index contributed by atoms with van der Waals surface area (Å²) in [5, 5.41) is 3.07. The quantitative estimate of drug-likeness (QED) is 0.827. The normalized spacial score (nSPS) is 17.2. The summed E-state index contributed by atoms with van der Waals surface area (Å²) in [6.45, 7) is 0.720. The number of nitrogens with zero attached hydrogens (tertiary/aromatic N) is 1. The predicted molar refractivity (Wildman–Crippen MR) is 81.9 cm³/mol. The number of aromatic nitrogens is 2. The van der Waals surface area contributed by atoms with Crippen molar-refractivity contribution in [1.29, 1.82) is 0 Å². The van der Waals surface area contributed by atoms with Gasteiger partial charge >= 0.3 is 0 Å². The number of benzene rings is 1. The highest BCUT2D eigenvalue weighted by Gasteiger charge is 2.23. The van der Waals surface area contributed by atoms with Crippen LogP contribution in [-0.4, -0.2) is 22.4 Å². The van der Waals surface area contributed by atoms with Gasteiger partial charge in [0.05, 0.1) is 0 Å². The van der Waals surface area contributed by atoms with Crippen molar-refractivity contribution in [2.75, 3.05) is 6.54 Å². The zero-order valence-corrected chi connectivity index (χ0v) is 12.1. The molecule has 110 valence electrons. The Kier molecular flexibility index (Phi) is 4.34. The summed E-state index contributed by atoms with van der Waals surface area (Å²) in [4.78, 5) is 19.5. The maximum absolute atomic E-state index is 12.2. The van der Waals surface area contributed by atoms with Gasteiger partial charge in [0.2, 0.25) is 5.91 Å². The molecule has 21 heavy (non-hydrogen) atoms. The Morgan fingerprint density at radius 2 is 2.19 bits per heavy atom. The Morgan fingerprint density at radius 1 is 1.33 bits per heavy atom. The van der Waals surface area contributed by atoms with Crippen LogP contribution >= 0.6 is 0 Å². The molecule has 0 radical (unpaired) electrons. The van der Waals surface area contributed by atoms with E-state index in [2.05, 4.69) is 39.6 Å². The van der Waals surface area contributed by atoms with E-state index in [1.54, 1.807) is 6.20 Å². The lowest BCUT2D eigenvalue weighted by molar-refractivity contribution is -0.125. The van der Waals surface area contributed by atoms with Gasteiger partial charge < -0.3 is 10.3 Å². The standard InChI is InChI=1S/C17H21N3O/c21-17(20-9-3-6-16-18-10-11-19-16)15-8-7-13-4-1-2-5-14(13)12-15/h1-2,4-5,10-11,15H,3,6-9,12H2,(H,18,19)(H,20,21)/t15-/m0/s1.